The molecule has 0 amide bonds. The van der Waals surface area contributed by atoms with Crippen molar-refractivity contribution in [2.45, 2.75) is 0 Å². The zero-order chi connectivity index (χ0) is 8.39. The molecule has 1 N–H and O–H groups in total. The van der Waals surface area contributed by atoms with Crippen molar-refractivity contribution in [1.82, 2.24) is 15.0 Å². The summed E-state index contributed by atoms with van der Waals surface area (Å²) in [5, 5.41) is 0. The zero-order valence-electron chi connectivity index (χ0n) is 6.16. The molecule has 0 aliphatic heterocycles. The van der Waals surface area contributed by atoms with E-state index in [-0.39, 0.29) is 0 Å². The van der Waals surface area contributed by atoms with Crippen LogP contribution in [0.3, 0.4) is 0 Å². The minimum atomic E-state index is 0.816. The molecule has 0 radical (unpaired) electrons. The van der Waals surface area contributed by atoms with Gasteiger partial charge in [-0.3, -0.25) is 0 Å². The van der Waals surface area contributed by atoms with E-state index in [1.165, 1.54) is 0 Å². The Labute approximate surface area is 78.0 Å². The summed E-state index contributed by atoms with van der Waals surface area (Å²) in [6.07, 6.45) is 5.26. The van der Waals surface area contributed by atoms with Gasteiger partial charge in [-0.2, -0.15) is 0 Å². The molecule has 12 heavy (non-hydrogen) atoms. The second kappa shape index (κ2) is 3.06. The van der Waals surface area contributed by atoms with Gasteiger partial charge in [-0.25, -0.2) is 9.97 Å². The highest BCUT2D eigenvalue weighted by Gasteiger charge is 1.98. The first-order valence-electron chi connectivity index (χ1n) is 3.47. The Hall–Kier alpha value is -1.16. The molecule has 2 aromatic heterocycles. The van der Waals surface area contributed by atoms with E-state index in [1.807, 2.05) is 12.1 Å². The molecule has 0 saturated carbocycles. The van der Waals surface area contributed by atoms with Gasteiger partial charge in [0.05, 0.1) is 0 Å². The van der Waals surface area contributed by atoms with Gasteiger partial charge in [0.1, 0.15) is 10.4 Å². The van der Waals surface area contributed by atoms with Crippen LogP contribution in [-0.2, 0) is 0 Å². The molecular weight excluding hydrogens is 218 g/mol. The molecule has 2 rings (SSSR count). The number of nitrogens with one attached hydrogen (secondary N) is 1. The summed E-state index contributed by atoms with van der Waals surface area (Å²) >= 11 is 3.29. The number of hydrogen-bond acceptors (Lipinski definition) is 2. The van der Waals surface area contributed by atoms with Crippen molar-refractivity contribution in [3.8, 4) is 11.4 Å². The van der Waals surface area contributed by atoms with Crippen LogP contribution < -0.4 is 0 Å². The van der Waals surface area contributed by atoms with Gasteiger partial charge in [0.25, 0.3) is 0 Å². The predicted molar refractivity (Wildman–Crippen MR) is 49.5 cm³/mol. The summed E-state index contributed by atoms with van der Waals surface area (Å²) in [7, 11) is 0. The minimum Gasteiger partial charge on any atom is -0.345 e. The lowest BCUT2D eigenvalue weighted by atomic mass is 10.3. The highest BCUT2D eigenvalue weighted by atomic mass is 79.9. The lowest BCUT2D eigenvalue weighted by molar-refractivity contribution is 1.24. The van der Waals surface area contributed by atoms with Crippen LogP contribution in [-0.4, -0.2) is 15.0 Å². The first kappa shape index (κ1) is 7.49. The van der Waals surface area contributed by atoms with Crippen molar-refractivity contribution in [1.29, 1.82) is 0 Å². The molecule has 0 fully saturated rings. The summed E-state index contributed by atoms with van der Waals surface area (Å²) in [6.45, 7) is 0. The van der Waals surface area contributed by atoms with Crippen molar-refractivity contribution in [2.24, 2.45) is 0 Å². The Morgan fingerprint density at radius 3 is 2.83 bits per heavy atom. The molecule has 60 valence electrons. The fourth-order valence-electron chi connectivity index (χ4n) is 0.973. The number of aromatic amines is 1. The van der Waals surface area contributed by atoms with Crippen molar-refractivity contribution in [2.75, 3.05) is 0 Å². The monoisotopic (exact) mass is 223 g/mol. The predicted octanol–water partition coefficient (Wildman–Crippen LogP) is 2.23. The van der Waals surface area contributed by atoms with E-state index in [2.05, 4.69) is 30.9 Å². The van der Waals surface area contributed by atoms with Crippen molar-refractivity contribution >= 4 is 15.9 Å². The van der Waals surface area contributed by atoms with Crippen LogP contribution in [0.5, 0.6) is 0 Å². The number of halogens is 1. The van der Waals surface area contributed by atoms with E-state index in [0.29, 0.717) is 0 Å². The highest BCUT2D eigenvalue weighted by Crippen LogP contribution is 2.16. The van der Waals surface area contributed by atoms with E-state index in [9.17, 15) is 0 Å². The fraction of sp³-hybridized carbons (Fsp3) is 0. The molecule has 2 aromatic rings. The van der Waals surface area contributed by atoms with Crippen LogP contribution >= 0.6 is 15.9 Å². The molecule has 0 saturated heterocycles. The number of imidazole rings is 1. The number of rotatable bonds is 1. The van der Waals surface area contributed by atoms with Crippen molar-refractivity contribution in [3.05, 3.63) is 35.3 Å². The van der Waals surface area contributed by atoms with E-state index >= 15 is 0 Å². The van der Waals surface area contributed by atoms with Gasteiger partial charge in [-0.15, -0.1) is 0 Å². The molecule has 0 aliphatic rings. The lowest BCUT2D eigenvalue weighted by Gasteiger charge is -1.95. The summed E-state index contributed by atoms with van der Waals surface area (Å²) < 4.78 is 0.816. The third-order valence-corrected chi connectivity index (χ3v) is 1.93. The quantitative estimate of drug-likeness (QED) is 0.754. The number of hydrogen-bond donors (Lipinski definition) is 1. The fourth-order valence-corrected chi connectivity index (χ4v) is 1.34. The first-order chi connectivity index (χ1) is 5.86. The maximum atomic E-state index is 4.12. The number of pyridine rings is 1. The molecule has 0 unspecified atom stereocenters. The second-order valence-electron chi connectivity index (χ2n) is 2.31. The van der Waals surface area contributed by atoms with Crippen LogP contribution in [0.2, 0.25) is 0 Å². The SMILES string of the molecule is Brc1cc(-c2ncc[nH]2)ccn1. The lowest BCUT2D eigenvalue weighted by Crippen LogP contribution is -1.81. The number of nitrogens with zero attached hydrogens (tertiary/aromatic N) is 2. The summed E-state index contributed by atoms with van der Waals surface area (Å²) in [5.74, 6) is 0.859. The van der Waals surface area contributed by atoms with Gasteiger partial charge in [0.2, 0.25) is 0 Å². The number of H-pyrrole nitrogens is 1. The highest BCUT2D eigenvalue weighted by molar-refractivity contribution is 9.10. The molecule has 0 atom stereocenters. The topological polar surface area (TPSA) is 41.6 Å². The van der Waals surface area contributed by atoms with Crippen LogP contribution in [0.15, 0.2) is 35.3 Å². The van der Waals surface area contributed by atoms with Crippen LogP contribution in [0, 0.1) is 0 Å². The molecule has 4 heteroatoms. The molecule has 3 nitrogen and oxygen atoms in total. The average molecular weight is 224 g/mol. The molecule has 0 aromatic carbocycles. The van der Waals surface area contributed by atoms with Crippen molar-refractivity contribution in [3.63, 3.8) is 0 Å². The Kier molecular flexibility index (Phi) is 1.91. The first-order valence-corrected chi connectivity index (χ1v) is 4.27. The van der Waals surface area contributed by atoms with Crippen LogP contribution in [0.4, 0.5) is 0 Å². The third-order valence-electron chi connectivity index (χ3n) is 1.50. The summed E-state index contributed by atoms with van der Waals surface area (Å²) in [4.78, 5) is 11.2. The smallest absolute Gasteiger partial charge is 0.137 e. The Balaban J connectivity index is 2.48. The molecule has 2 heterocycles. The molecular formula is C8H6BrN3. The van der Waals surface area contributed by atoms with E-state index < -0.39 is 0 Å². The standard InChI is InChI=1S/C8H6BrN3/c9-7-5-6(1-2-10-7)8-11-3-4-12-8/h1-5H,(H,11,12). The van der Waals surface area contributed by atoms with Crippen molar-refractivity contribution < 1.29 is 0 Å². The Morgan fingerprint density at radius 1 is 1.25 bits per heavy atom. The van der Waals surface area contributed by atoms with Crippen LogP contribution in [0.25, 0.3) is 11.4 Å². The van der Waals surface area contributed by atoms with Gasteiger partial charge in [0.15, 0.2) is 0 Å². The maximum absolute atomic E-state index is 4.12. The summed E-state index contributed by atoms with van der Waals surface area (Å²) in [6, 6.07) is 3.82. The Morgan fingerprint density at radius 2 is 2.17 bits per heavy atom. The van der Waals surface area contributed by atoms with E-state index in [4.69, 9.17) is 0 Å². The normalized spacial score (nSPS) is 10.1. The van der Waals surface area contributed by atoms with Gasteiger partial charge >= 0.3 is 0 Å². The average Bonchev–Trinajstić information content (AvgIpc) is 2.56. The number of aromatic nitrogens is 3. The van der Waals surface area contributed by atoms with Gasteiger partial charge in [-0.1, -0.05) is 0 Å². The largest absolute Gasteiger partial charge is 0.345 e. The molecule has 0 spiro atoms. The van der Waals surface area contributed by atoms with E-state index in [0.717, 1.165) is 16.0 Å². The van der Waals surface area contributed by atoms with Crippen LogP contribution in [0.1, 0.15) is 0 Å². The van der Waals surface area contributed by atoms with Gasteiger partial charge in [0, 0.05) is 24.2 Å². The minimum absolute atomic E-state index is 0.816. The maximum Gasteiger partial charge on any atom is 0.137 e. The molecule has 0 aliphatic carbocycles. The zero-order valence-corrected chi connectivity index (χ0v) is 7.75. The third kappa shape index (κ3) is 1.38. The Bertz CT molecular complexity index is 370. The van der Waals surface area contributed by atoms with Gasteiger partial charge < -0.3 is 4.98 Å². The second-order valence-corrected chi connectivity index (χ2v) is 3.12. The summed E-state index contributed by atoms with van der Waals surface area (Å²) in [5.41, 5.74) is 1.03. The van der Waals surface area contributed by atoms with Gasteiger partial charge in [-0.05, 0) is 28.1 Å². The van der Waals surface area contributed by atoms with E-state index in [1.54, 1.807) is 18.6 Å². The molecule has 0 bridgehead atoms.